The van der Waals surface area contributed by atoms with Gasteiger partial charge in [-0.15, -0.1) is 0 Å². The number of benzene rings is 1. The third kappa shape index (κ3) is 3.94. The normalized spacial score (nSPS) is 15.0. The summed E-state index contributed by atoms with van der Waals surface area (Å²) in [4.78, 5) is 22.2. The number of nitrogens with two attached hydrogens (primary N) is 1. The highest BCUT2D eigenvalue weighted by Crippen LogP contribution is 2.34. The van der Waals surface area contributed by atoms with E-state index < -0.39 is 0 Å². The fourth-order valence-electron chi connectivity index (χ4n) is 2.95. The molecular formula is C17H19Cl2N5O2. The Kier molecular flexibility index (Phi) is 5.68. The zero-order valence-electron chi connectivity index (χ0n) is 14.2. The van der Waals surface area contributed by atoms with Gasteiger partial charge in [-0.25, -0.2) is 9.97 Å². The molecule has 0 atom stereocenters. The van der Waals surface area contributed by atoms with E-state index in [0.29, 0.717) is 59.0 Å². The van der Waals surface area contributed by atoms with Gasteiger partial charge in [0.1, 0.15) is 12.0 Å². The Morgan fingerprint density at radius 3 is 2.73 bits per heavy atom. The number of rotatable bonds is 4. The summed E-state index contributed by atoms with van der Waals surface area (Å²) in [5.74, 6) is 0.832. The Labute approximate surface area is 161 Å². The molecule has 0 saturated carbocycles. The average Bonchev–Trinajstić information content (AvgIpc) is 2.66. The number of ether oxygens (including phenoxy) is 1. The highest BCUT2D eigenvalue weighted by molar-refractivity contribution is 6.35. The fraction of sp³-hybridized carbons (Fsp3) is 0.353. The second-order valence-corrected chi connectivity index (χ2v) is 6.84. The summed E-state index contributed by atoms with van der Waals surface area (Å²) in [5.41, 5.74) is 7.30. The van der Waals surface area contributed by atoms with Crippen LogP contribution in [0.4, 0.5) is 23.0 Å². The lowest BCUT2D eigenvalue weighted by Crippen LogP contribution is -2.37. The monoisotopic (exact) mass is 395 g/mol. The van der Waals surface area contributed by atoms with Gasteiger partial charge in [-0.2, -0.15) is 0 Å². The molecule has 0 aliphatic carbocycles. The zero-order chi connectivity index (χ0) is 18.7. The van der Waals surface area contributed by atoms with Gasteiger partial charge in [0, 0.05) is 18.1 Å². The molecule has 0 radical (unpaired) electrons. The third-order valence-corrected chi connectivity index (χ3v) is 4.94. The molecule has 9 heteroatoms. The first kappa shape index (κ1) is 18.5. The lowest BCUT2D eigenvalue weighted by molar-refractivity contribution is -0.146. The first-order valence-electron chi connectivity index (χ1n) is 8.15. The second kappa shape index (κ2) is 7.97. The van der Waals surface area contributed by atoms with Crippen molar-refractivity contribution in [1.29, 1.82) is 0 Å². The summed E-state index contributed by atoms with van der Waals surface area (Å²) in [6, 6.07) is 5.10. The van der Waals surface area contributed by atoms with Crippen molar-refractivity contribution >= 4 is 52.2 Å². The van der Waals surface area contributed by atoms with E-state index in [1.54, 1.807) is 18.2 Å². The van der Waals surface area contributed by atoms with Gasteiger partial charge < -0.3 is 20.7 Å². The van der Waals surface area contributed by atoms with E-state index in [4.69, 9.17) is 33.7 Å². The molecule has 1 aliphatic rings. The average molecular weight is 396 g/mol. The maximum atomic E-state index is 11.7. The van der Waals surface area contributed by atoms with E-state index in [1.807, 2.05) is 4.90 Å². The summed E-state index contributed by atoms with van der Waals surface area (Å²) >= 11 is 12.2. The molecule has 2 heterocycles. The molecule has 1 aliphatic heterocycles. The quantitative estimate of drug-likeness (QED) is 0.764. The minimum atomic E-state index is -0.168. The Morgan fingerprint density at radius 2 is 2.04 bits per heavy atom. The zero-order valence-corrected chi connectivity index (χ0v) is 15.7. The molecule has 1 saturated heterocycles. The van der Waals surface area contributed by atoms with Crippen molar-refractivity contribution in [1.82, 2.24) is 9.97 Å². The van der Waals surface area contributed by atoms with Crippen molar-refractivity contribution in [2.24, 2.45) is 5.92 Å². The molecule has 3 rings (SSSR count). The van der Waals surface area contributed by atoms with Crippen LogP contribution in [0.3, 0.4) is 0 Å². The van der Waals surface area contributed by atoms with Gasteiger partial charge in [-0.1, -0.05) is 23.2 Å². The molecular weight excluding hydrogens is 377 g/mol. The number of carbonyl (C=O) groups excluding carboxylic acids is 1. The first-order valence-corrected chi connectivity index (χ1v) is 8.90. The number of hydrogen-bond acceptors (Lipinski definition) is 7. The molecule has 3 N–H and O–H groups in total. The van der Waals surface area contributed by atoms with E-state index in [9.17, 15) is 4.79 Å². The molecule has 7 nitrogen and oxygen atoms in total. The molecule has 138 valence electrons. The number of carbonyl (C=O) groups is 1. The van der Waals surface area contributed by atoms with Crippen LogP contribution < -0.4 is 16.0 Å². The van der Waals surface area contributed by atoms with Gasteiger partial charge in [0.25, 0.3) is 0 Å². The molecule has 0 bridgehead atoms. The summed E-state index contributed by atoms with van der Waals surface area (Å²) in [6.45, 7) is 1.33. The molecule has 26 heavy (non-hydrogen) atoms. The van der Waals surface area contributed by atoms with Crippen LogP contribution in [0, 0.1) is 5.92 Å². The SMILES string of the molecule is COC(=O)C1CCN(c2ncnc(Nc3cc(Cl)ccc3Cl)c2N)CC1. The van der Waals surface area contributed by atoms with Gasteiger partial charge in [0.05, 0.1) is 23.7 Å². The third-order valence-electron chi connectivity index (χ3n) is 4.37. The minimum Gasteiger partial charge on any atom is -0.469 e. The minimum absolute atomic E-state index is 0.0813. The predicted molar refractivity (Wildman–Crippen MR) is 103 cm³/mol. The molecule has 0 spiro atoms. The van der Waals surface area contributed by atoms with Gasteiger partial charge >= 0.3 is 5.97 Å². The predicted octanol–water partition coefficient (Wildman–Crippen LogP) is 3.50. The number of nitrogen functional groups attached to an aromatic ring is 1. The number of aromatic nitrogens is 2. The Bertz CT molecular complexity index is 810. The summed E-state index contributed by atoms with van der Waals surface area (Å²) in [5, 5.41) is 4.16. The van der Waals surface area contributed by atoms with Crippen LogP contribution in [0.5, 0.6) is 0 Å². The lowest BCUT2D eigenvalue weighted by atomic mass is 9.97. The summed E-state index contributed by atoms with van der Waals surface area (Å²) in [6.07, 6.45) is 2.83. The fourth-order valence-corrected chi connectivity index (χ4v) is 3.29. The molecule has 0 unspecified atom stereocenters. The van der Waals surface area contributed by atoms with Crippen molar-refractivity contribution in [2.75, 3.05) is 36.1 Å². The van der Waals surface area contributed by atoms with E-state index in [2.05, 4.69) is 15.3 Å². The number of halogens is 2. The summed E-state index contributed by atoms with van der Waals surface area (Å²) in [7, 11) is 1.41. The maximum absolute atomic E-state index is 11.7. The number of esters is 1. The van der Waals surface area contributed by atoms with E-state index in [0.717, 1.165) is 0 Å². The number of nitrogens with zero attached hydrogens (tertiary/aromatic N) is 3. The molecule has 0 amide bonds. The number of nitrogens with one attached hydrogen (secondary N) is 1. The number of methoxy groups -OCH3 is 1. The Balaban J connectivity index is 1.78. The van der Waals surface area contributed by atoms with Crippen LogP contribution in [0.2, 0.25) is 10.0 Å². The standard InChI is InChI=1S/C17H19Cl2N5O2/c1-26-17(25)10-4-6-24(7-5-10)16-14(20)15(21-9-22-16)23-13-8-11(18)2-3-12(13)19/h2-3,8-10H,4-7,20H2,1H3,(H,21,22,23). The molecule has 1 aromatic heterocycles. The van der Waals surface area contributed by atoms with Crippen LogP contribution in [0.15, 0.2) is 24.5 Å². The first-order chi connectivity index (χ1) is 12.5. The van der Waals surface area contributed by atoms with E-state index in [1.165, 1.54) is 13.4 Å². The highest BCUT2D eigenvalue weighted by atomic mass is 35.5. The van der Waals surface area contributed by atoms with E-state index >= 15 is 0 Å². The molecule has 2 aromatic rings. The van der Waals surface area contributed by atoms with Crippen LogP contribution in [-0.2, 0) is 9.53 Å². The van der Waals surface area contributed by atoms with Crippen molar-refractivity contribution in [3.05, 3.63) is 34.6 Å². The van der Waals surface area contributed by atoms with Gasteiger partial charge in [0.2, 0.25) is 0 Å². The van der Waals surface area contributed by atoms with Crippen LogP contribution in [0.1, 0.15) is 12.8 Å². The highest BCUT2D eigenvalue weighted by Gasteiger charge is 2.27. The van der Waals surface area contributed by atoms with E-state index in [-0.39, 0.29) is 11.9 Å². The van der Waals surface area contributed by atoms with Crippen LogP contribution >= 0.6 is 23.2 Å². The number of anilines is 4. The van der Waals surface area contributed by atoms with Gasteiger partial charge in [-0.05, 0) is 31.0 Å². The Morgan fingerprint density at radius 1 is 1.31 bits per heavy atom. The summed E-state index contributed by atoms with van der Waals surface area (Å²) < 4.78 is 4.82. The molecule has 1 aromatic carbocycles. The van der Waals surface area contributed by atoms with Crippen molar-refractivity contribution in [2.45, 2.75) is 12.8 Å². The van der Waals surface area contributed by atoms with Crippen molar-refractivity contribution in [3.8, 4) is 0 Å². The van der Waals surface area contributed by atoms with Gasteiger partial charge in [-0.3, -0.25) is 4.79 Å². The van der Waals surface area contributed by atoms with Gasteiger partial charge in [0.15, 0.2) is 11.6 Å². The smallest absolute Gasteiger partial charge is 0.308 e. The number of hydrogen-bond donors (Lipinski definition) is 2. The molecule has 1 fully saturated rings. The Hall–Kier alpha value is -2.25. The lowest BCUT2D eigenvalue weighted by Gasteiger charge is -2.32. The second-order valence-electron chi connectivity index (χ2n) is 5.99. The van der Waals surface area contributed by atoms with Crippen molar-refractivity contribution in [3.63, 3.8) is 0 Å². The van der Waals surface area contributed by atoms with Crippen LogP contribution in [-0.4, -0.2) is 36.1 Å². The van der Waals surface area contributed by atoms with Crippen LogP contribution in [0.25, 0.3) is 0 Å². The maximum Gasteiger partial charge on any atom is 0.308 e. The topological polar surface area (TPSA) is 93.4 Å². The largest absolute Gasteiger partial charge is 0.469 e. The van der Waals surface area contributed by atoms with Crippen molar-refractivity contribution < 1.29 is 9.53 Å². The number of piperidine rings is 1.